The van der Waals surface area contributed by atoms with Crippen LogP contribution in [0.5, 0.6) is 0 Å². The van der Waals surface area contributed by atoms with Gasteiger partial charge in [-0.1, -0.05) is 0 Å². The van der Waals surface area contributed by atoms with Crippen molar-refractivity contribution in [2.45, 2.75) is 0 Å². The second kappa shape index (κ2) is 6.89. The highest BCUT2D eigenvalue weighted by molar-refractivity contribution is 7.13. The summed E-state index contributed by atoms with van der Waals surface area (Å²) in [5.74, 6) is 0.242. The summed E-state index contributed by atoms with van der Waals surface area (Å²) in [5, 5.41) is 0. The van der Waals surface area contributed by atoms with E-state index in [4.69, 9.17) is 8.83 Å². The summed E-state index contributed by atoms with van der Waals surface area (Å²) >= 11 is 1.47. The number of ketones is 2. The molecule has 0 atom stereocenters. The largest absolute Gasteiger partial charge is 0.461 e. The van der Waals surface area contributed by atoms with E-state index in [0.29, 0.717) is 11.5 Å². The van der Waals surface area contributed by atoms with Crippen molar-refractivity contribution in [2.75, 3.05) is 0 Å². The lowest BCUT2D eigenvalue weighted by atomic mass is 10.2. The quantitative estimate of drug-likeness (QED) is 0.486. The van der Waals surface area contributed by atoms with Crippen LogP contribution in [-0.4, -0.2) is 11.6 Å². The number of furan rings is 2. The molecule has 0 spiro atoms. The maximum Gasteiger partial charge on any atom is 0.221 e. The van der Waals surface area contributed by atoms with Crippen molar-refractivity contribution in [1.29, 1.82) is 0 Å². The van der Waals surface area contributed by atoms with Gasteiger partial charge in [-0.25, -0.2) is 0 Å². The second-order valence-electron chi connectivity index (χ2n) is 4.59. The molecule has 0 saturated carbocycles. The summed E-state index contributed by atoms with van der Waals surface area (Å²) < 4.78 is 10.1. The number of hydrogen-bond acceptors (Lipinski definition) is 5. The average molecular weight is 324 g/mol. The monoisotopic (exact) mass is 324 g/mol. The molecule has 3 rings (SSSR count). The lowest BCUT2D eigenvalue weighted by molar-refractivity contribution is 0.101. The summed E-state index contributed by atoms with van der Waals surface area (Å²) in [4.78, 5) is 25.4. The van der Waals surface area contributed by atoms with Crippen LogP contribution in [0.4, 0.5) is 0 Å². The Bertz CT molecular complexity index is 778. The number of carbonyl (C=O) groups is 2. The van der Waals surface area contributed by atoms with Crippen molar-refractivity contribution < 1.29 is 18.4 Å². The fourth-order valence-corrected chi connectivity index (χ4v) is 2.68. The smallest absolute Gasteiger partial charge is 0.221 e. The molecular formula is C18H12O4S. The second-order valence-corrected chi connectivity index (χ2v) is 5.74. The number of rotatable bonds is 6. The number of thiophene rings is 1. The van der Waals surface area contributed by atoms with E-state index in [1.54, 1.807) is 36.4 Å². The molecule has 3 heterocycles. The summed E-state index contributed by atoms with van der Waals surface area (Å²) in [5.41, 5.74) is 0. The molecule has 114 valence electrons. The summed E-state index contributed by atoms with van der Waals surface area (Å²) in [6.45, 7) is 0. The third kappa shape index (κ3) is 3.84. The molecule has 0 aromatic carbocycles. The summed E-state index contributed by atoms with van der Waals surface area (Å²) in [6, 6.07) is 10.3. The Morgan fingerprint density at radius 3 is 1.65 bits per heavy atom. The topological polar surface area (TPSA) is 60.4 Å². The highest BCUT2D eigenvalue weighted by Crippen LogP contribution is 2.20. The molecule has 0 aliphatic rings. The lowest BCUT2D eigenvalue weighted by Gasteiger charge is -1.88. The van der Waals surface area contributed by atoms with E-state index >= 15 is 0 Å². The molecule has 3 aromatic rings. The van der Waals surface area contributed by atoms with Crippen LogP contribution in [-0.2, 0) is 0 Å². The molecule has 0 bridgehead atoms. The Morgan fingerprint density at radius 2 is 1.26 bits per heavy atom. The number of allylic oxidation sites excluding steroid dienone is 2. The minimum Gasteiger partial charge on any atom is -0.461 e. The van der Waals surface area contributed by atoms with E-state index in [2.05, 4.69) is 0 Å². The molecule has 0 amide bonds. The van der Waals surface area contributed by atoms with Crippen molar-refractivity contribution in [3.63, 3.8) is 0 Å². The van der Waals surface area contributed by atoms with Crippen LogP contribution in [0.2, 0.25) is 0 Å². The maximum atomic E-state index is 11.8. The molecule has 5 heteroatoms. The molecule has 23 heavy (non-hydrogen) atoms. The zero-order chi connectivity index (χ0) is 16.1. The van der Waals surface area contributed by atoms with Crippen LogP contribution in [0.25, 0.3) is 12.2 Å². The maximum absolute atomic E-state index is 11.8. The van der Waals surface area contributed by atoms with E-state index in [1.807, 2.05) is 12.1 Å². The SMILES string of the molecule is O=C(/C=C/c1ccc(/C=C/C(=O)c2ccco2)s1)c1ccco1. The molecule has 0 aliphatic heterocycles. The van der Waals surface area contributed by atoms with Crippen molar-refractivity contribution in [1.82, 2.24) is 0 Å². The molecule has 0 N–H and O–H groups in total. The highest BCUT2D eigenvalue weighted by Gasteiger charge is 2.05. The van der Waals surface area contributed by atoms with Crippen LogP contribution in [0, 0.1) is 0 Å². The van der Waals surface area contributed by atoms with Gasteiger partial charge in [0, 0.05) is 9.75 Å². The molecule has 0 saturated heterocycles. The van der Waals surface area contributed by atoms with E-state index in [0.717, 1.165) is 9.75 Å². The van der Waals surface area contributed by atoms with Crippen LogP contribution < -0.4 is 0 Å². The number of hydrogen-bond donors (Lipinski definition) is 0. The van der Waals surface area contributed by atoms with Gasteiger partial charge in [0.1, 0.15) is 0 Å². The summed E-state index contributed by atoms with van der Waals surface area (Å²) in [7, 11) is 0. The third-order valence-corrected chi connectivity index (χ3v) is 3.99. The first-order valence-electron chi connectivity index (χ1n) is 6.84. The molecule has 0 unspecified atom stereocenters. The molecular weight excluding hydrogens is 312 g/mol. The lowest BCUT2D eigenvalue weighted by Crippen LogP contribution is -1.89. The highest BCUT2D eigenvalue weighted by atomic mass is 32.1. The molecule has 0 fully saturated rings. The Hall–Kier alpha value is -2.92. The molecule has 3 aromatic heterocycles. The van der Waals surface area contributed by atoms with Gasteiger partial charge >= 0.3 is 0 Å². The van der Waals surface area contributed by atoms with E-state index in [9.17, 15) is 9.59 Å². The summed E-state index contributed by atoms with van der Waals surface area (Å²) in [6.07, 6.45) is 9.30. The van der Waals surface area contributed by atoms with Crippen LogP contribution >= 0.6 is 11.3 Å². The van der Waals surface area contributed by atoms with Crippen LogP contribution in [0.15, 0.2) is 69.9 Å². The first-order chi connectivity index (χ1) is 11.2. The van der Waals surface area contributed by atoms with Gasteiger partial charge in [-0.3, -0.25) is 9.59 Å². The standard InChI is InChI=1S/C18H12O4S/c19-15(17-3-1-11-21-17)9-7-13-5-6-14(23-13)8-10-16(20)18-4-2-12-22-18/h1-12H/b9-7+,10-8+. The average Bonchev–Trinajstić information content (AvgIpc) is 3.32. The fourth-order valence-electron chi connectivity index (χ4n) is 1.86. The first-order valence-corrected chi connectivity index (χ1v) is 7.66. The van der Waals surface area contributed by atoms with Crippen molar-refractivity contribution >= 4 is 35.1 Å². The van der Waals surface area contributed by atoms with Crippen molar-refractivity contribution in [2.24, 2.45) is 0 Å². The van der Waals surface area contributed by atoms with Gasteiger partial charge in [0.05, 0.1) is 12.5 Å². The van der Waals surface area contributed by atoms with Gasteiger partial charge in [-0.2, -0.15) is 0 Å². The predicted molar refractivity (Wildman–Crippen MR) is 88.5 cm³/mol. The molecule has 4 nitrogen and oxygen atoms in total. The molecule has 0 aliphatic carbocycles. The minimum absolute atomic E-state index is 0.187. The van der Waals surface area contributed by atoms with Gasteiger partial charge < -0.3 is 8.83 Å². The van der Waals surface area contributed by atoms with Crippen molar-refractivity contribution in [3.05, 3.63) is 82.4 Å². The number of carbonyl (C=O) groups excluding carboxylic acids is 2. The zero-order valence-electron chi connectivity index (χ0n) is 12.0. The van der Waals surface area contributed by atoms with E-state index in [-0.39, 0.29) is 11.6 Å². The van der Waals surface area contributed by atoms with Crippen LogP contribution in [0.3, 0.4) is 0 Å². The van der Waals surface area contributed by atoms with Gasteiger partial charge in [0.2, 0.25) is 11.6 Å². The van der Waals surface area contributed by atoms with Crippen LogP contribution in [0.1, 0.15) is 30.9 Å². The predicted octanol–water partition coefficient (Wildman–Crippen LogP) is 4.73. The zero-order valence-corrected chi connectivity index (χ0v) is 12.8. The fraction of sp³-hybridized carbons (Fsp3) is 0. The van der Waals surface area contributed by atoms with Crippen molar-refractivity contribution in [3.8, 4) is 0 Å². The Kier molecular flexibility index (Phi) is 4.49. The van der Waals surface area contributed by atoms with Gasteiger partial charge in [0.15, 0.2) is 11.5 Å². The van der Waals surface area contributed by atoms with E-state index < -0.39 is 0 Å². The Balaban J connectivity index is 1.64. The Labute approximate surface area is 136 Å². The normalized spacial score (nSPS) is 11.5. The Morgan fingerprint density at radius 1 is 0.783 bits per heavy atom. The first kappa shape index (κ1) is 15.0. The molecule has 0 radical (unpaired) electrons. The minimum atomic E-state index is -0.187. The van der Waals surface area contributed by atoms with Gasteiger partial charge in [0.25, 0.3) is 0 Å². The van der Waals surface area contributed by atoms with Gasteiger partial charge in [-0.15, -0.1) is 11.3 Å². The van der Waals surface area contributed by atoms with E-state index in [1.165, 1.54) is 36.0 Å². The van der Waals surface area contributed by atoms with Gasteiger partial charge in [-0.05, 0) is 60.7 Å². The third-order valence-electron chi connectivity index (χ3n) is 2.97.